The van der Waals surface area contributed by atoms with E-state index in [2.05, 4.69) is 17.3 Å². The molecule has 1 atom stereocenters. The van der Waals surface area contributed by atoms with E-state index in [4.69, 9.17) is 4.74 Å². The normalized spacial score (nSPS) is 12.0. The van der Waals surface area contributed by atoms with Crippen LogP contribution in [-0.2, 0) is 6.54 Å². The molecule has 0 aliphatic carbocycles. The molecule has 2 aromatic rings. The Kier molecular flexibility index (Phi) is 5.36. The third-order valence-electron chi connectivity index (χ3n) is 3.81. The van der Waals surface area contributed by atoms with E-state index >= 15 is 0 Å². The third-order valence-corrected chi connectivity index (χ3v) is 3.81. The fraction of sp³-hybridized carbons (Fsp3) is 0.412. The standard InChI is InChI=1S/C17H22FN3O2/c1-5-8-21-12(3)14(10-19-21)17(22)20-11(2)13-6-7-16(23-4)15(18)9-13/h6-7,9-11H,5,8H2,1-4H3,(H,20,22)/t11-/m1/s1. The van der Waals surface area contributed by atoms with Gasteiger partial charge in [0, 0.05) is 12.2 Å². The van der Waals surface area contributed by atoms with Gasteiger partial charge in [-0.3, -0.25) is 9.48 Å². The Morgan fingerprint density at radius 3 is 2.83 bits per heavy atom. The van der Waals surface area contributed by atoms with E-state index in [1.165, 1.54) is 13.2 Å². The minimum atomic E-state index is -0.446. The first-order valence-electron chi connectivity index (χ1n) is 7.64. The molecule has 124 valence electrons. The number of carbonyl (C=O) groups excluding carboxylic acids is 1. The first-order chi connectivity index (χ1) is 11.0. The van der Waals surface area contributed by atoms with Crippen LogP contribution in [0, 0.1) is 12.7 Å². The molecule has 1 N–H and O–H groups in total. The number of methoxy groups -OCH3 is 1. The van der Waals surface area contributed by atoms with Crippen molar-refractivity contribution in [1.82, 2.24) is 15.1 Å². The second-order valence-electron chi connectivity index (χ2n) is 5.46. The SMILES string of the molecule is CCCn1ncc(C(=O)N[C@H](C)c2ccc(OC)c(F)c2)c1C. The quantitative estimate of drug-likeness (QED) is 0.889. The highest BCUT2D eigenvalue weighted by Gasteiger charge is 2.17. The molecule has 0 spiro atoms. The van der Waals surface area contributed by atoms with Crippen molar-refractivity contribution in [2.75, 3.05) is 7.11 Å². The molecule has 1 heterocycles. The zero-order chi connectivity index (χ0) is 17.0. The zero-order valence-electron chi connectivity index (χ0n) is 13.9. The first-order valence-corrected chi connectivity index (χ1v) is 7.64. The predicted octanol–water partition coefficient (Wildman–Crippen LogP) is 3.24. The van der Waals surface area contributed by atoms with E-state index in [9.17, 15) is 9.18 Å². The Labute approximate surface area is 135 Å². The van der Waals surface area contributed by atoms with Crippen LogP contribution in [0.4, 0.5) is 4.39 Å². The maximum atomic E-state index is 13.8. The van der Waals surface area contributed by atoms with Crippen LogP contribution >= 0.6 is 0 Å². The van der Waals surface area contributed by atoms with Gasteiger partial charge in [-0.25, -0.2) is 4.39 Å². The van der Waals surface area contributed by atoms with E-state index in [1.807, 2.05) is 18.5 Å². The van der Waals surface area contributed by atoms with Crippen LogP contribution in [0.5, 0.6) is 5.75 Å². The van der Waals surface area contributed by atoms with Crippen LogP contribution < -0.4 is 10.1 Å². The number of hydrogen-bond acceptors (Lipinski definition) is 3. The first kappa shape index (κ1) is 17.0. The van der Waals surface area contributed by atoms with Crippen LogP contribution in [0.2, 0.25) is 0 Å². The number of aryl methyl sites for hydroxylation is 1. The molecule has 0 bridgehead atoms. The highest BCUT2D eigenvalue weighted by atomic mass is 19.1. The molecule has 2 rings (SSSR count). The molecule has 1 aromatic carbocycles. The molecule has 0 saturated heterocycles. The minimum absolute atomic E-state index is 0.184. The van der Waals surface area contributed by atoms with Crippen LogP contribution in [-0.4, -0.2) is 22.8 Å². The van der Waals surface area contributed by atoms with Crippen molar-refractivity contribution < 1.29 is 13.9 Å². The van der Waals surface area contributed by atoms with Crippen LogP contribution in [0.25, 0.3) is 0 Å². The van der Waals surface area contributed by atoms with Gasteiger partial charge >= 0.3 is 0 Å². The topological polar surface area (TPSA) is 56.2 Å². The summed E-state index contributed by atoms with van der Waals surface area (Å²) in [5.41, 5.74) is 2.05. The molecule has 0 radical (unpaired) electrons. The van der Waals surface area contributed by atoms with Gasteiger partial charge in [0.25, 0.3) is 5.91 Å². The lowest BCUT2D eigenvalue weighted by atomic mass is 10.1. The van der Waals surface area contributed by atoms with E-state index in [0.29, 0.717) is 11.1 Å². The number of rotatable bonds is 6. The average molecular weight is 319 g/mol. The van der Waals surface area contributed by atoms with E-state index in [-0.39, 0.29) is 17.7 Å². The van der Waals surface area contributed by atoms with E-state index < -0.39 is 5.82 Å². The minimum Gasteiger partial charge on any atom is -0.494 e. The second kappa shape index (κ2) is 7.26. The number of aromatic nitrogens is 2. The molecule has 0 aliphatic rings. The Balaban J connectivity index is 2.12. The number of nitrogens with zero attached hydrogens (tertiary/aromatic N) is 2. The highest BCUT2D eigenvalue weighted by molar-refractivity contribution is 5.95. The summed E-state index contributed by atoms with van der Waals surface area (Å²) in [7, 11) is 1.42. The van der Waals surface area contributed by atoms with E-state index in [1.54, 1.807) is 18.3 Å². The Hall–Kier alpha value is -2.37. The smallest absolute Gasteiger partial charge is 0.255 e. The van der Waals surface area contributed by atoms with Crippen molar-refractivity contribution in [1.29, 1.82) is 0 Å². The lowest BCUT2D eigenvalue weighted by molar-refractivity contribution is 0.0939. The summed E-state index contributed by atoms with van der Waals surface area (Å²) < 4.78 is 20.5. The summed E-state index contributed by atoms with van der Waals surface area (Å²) in [5, 5.41) is 7.10. The van der Waals surface area contributed by atoms with E-state index in [0.717, 1.165) is 18.7 Å². The molecule has 1 amide bonds. The van der Waals surface area contributed by atoms with Gasteiger partial charge in [-0.1, -0.05) is 13.0 Å². The van der Waals surface area contributed by atoms with Crippen molar-refractivity contribution in [3.8, 4) is 5.75 Å². The molecular formula is C17H22FN3O2. The van der Waals surface area contributed by atoms with Gasteiger partial charge in [0.05, 0.1) is 24.9 Å². The maximum Gasteiger partial charge on any atom is 0.255 e. The molecular weight excluding hydrogens is 297 g/mol. The summed E-state index contributed by atoms with van der Waals surface area (Å²) >= 11 is 0. The molecule has 23 heavy (non-hydrogen) atoms. The number of nitrogens with one attached hydrogen (secondary N) is 1. The van der Waals surface area contributed by atoms with Gasteiger partial charge in [-0.2, -0.15) is 5.10 Å². The number of carbonyl (C=O) groups is 1. The average Bonchev–Trinajstić information content (AvgIpc) is 2.88. The Bertz CT molecular complexity index is 697. The summed E-state index contributed by atoms with van der Waals surface area (Å²) in [6, 6.07) is 4.34. The van der Waals surface area contributed by atoms with Crippen molar-refractivity contribution in [3.05, 3.63) is 47.0 Å². The fourth-order valence-corrected chi connectivity index (χ4v) is 2.42. The van der Waals surface area contributed by atoms with Gasteiger partial charge in [0.1, 0.15) is 0 Å². The van der Waals surface area contributed by atoms with Crippen molar-refractivity contribution in [2.24, 2.45) is 0 Å². The third kappa shape index (κ3) is 3.70. The number of hydrogen-bond donors (Lipinski definition) is 1. The van der Waals surface area contributed by atoms with Gasteiger partial charge < -0.3 is 10.1 Å². The number of halogens is 1. The summed E-state index contributed by atoms with van der Waals surface area (Å²) in [5.74, 6) is -0.476. The van der Waals surface area contributed by atoms with Crippen LogP contribution in [0.1, 0.15) is 47.9 Å². The van der Waals surface area contributed by atoms with Gasteiger partial charge in [-0.05, 0) is 38.0 Å². The van der Waals surface area contributed by atoms with Gasteiger partial charge in [-0.15, -0.1) is 0 Å². The van der Waals surface area contributed by atoms with Crippen LogP contribution in [0.3, 0.4) is 0 Å². The molecule has 6 heteroatoms. The lowest BCUT2D eigenvalue weighted by Gasteiger charge is -2.15. The van der Waals surface area contributed by atoms with Crippen molar-refractivity contribution in [3.63, 3.8) is 0 Å². The highest BCUT2D eigenvalue weighted by Crippen LogP contribution is 2.22. The number of amides is 1. The molecule has 0 aliphatic heterocycles. The second-order valence-corrected chi connectivity index (χ2v) is 5.46. The summed E-state index contributed by atoms with van der Waals surface area (Å²) in [4.78, 5) is 12.4. The monoisotopic (exact) mass is 319 g/mol. The molecule has 0 fully saturated rings. The summed E-state index contributed by atoms with van der Waals surface area (Å²) in [6.07, 6.45) is 2.52. The van der Waals surface area contributed by atoms with Crippen molar-refractivity contribution >= 4 is 5.91 Å². The fourth-order valence-electron chi connectivity index (χ4n) is 2.42. The maximum absolute atomic E-state index is 13.8. The van der Waals surface area contributed by atoms with Crippen LogP contribution in [0.15, 0.2) is 24.4 Å². The van der Waals surface area contributed by atoms with Gasteiger partial charge in [0.15, 0.2) is 11.6 Å². The molecule has 0 saturated carbocycles. The Morgan fingerprint density at radius 2 is 2.22 bits per heavy atom. The summed E-state index contributed by atoms with van der Waals surface area (Å²) in [6.45, 7) is 6.51. The Morgan fingerprint density at radius 1 is 1.48 bits per heavy atom. The number of benzene rings is 1. The largest absolute Gasteiger partial charge is 0.494 e. The van der Waals surface area contributed by atoms with Crippen molar-refractivity contribution in [2.45, 2.75) is 39.8 Å². The molecule has 1 aromatic heterocycles. The molecule has 0 unspecified atom stereocenters. The predicted molar refractivity (Wildman–Crippen MR) is 86.1 cm³/mol. The zero-order valence-corrected chi connectivity index (χ0v) is 13.9. The van der Waals surface area contributed by atoms with Gasteiger partial charge in [0.2, 0.25) is 0 Å². The molecule has 5 nitrogen and oxygen atoms in total. The number of ether oxygens (including phenoxy) is 1. The lowest BCUT2D eigenvalue weighted by Crippen LogP contribution is -2.27.